The fourth-order valence-corrected chi connectivity index (χ4v) is 10.8. The first kappa shape index (κ1) is 45.8. The Hall–Kier alpha value is -5.77. The Morgan fingerprint density at radius 3 is 2.32 bits per heavy atom. The quantitative estimate of drug-likeness (QED) is 0.0669. The maximum Gasteiger partial charge on any atom is 0.234 e. The van der Waals surface area contributed by atoms with Crippen molar-refractivity contribution in [3.05, 3.63) is 83.3 Å². The summed E-state index contributed by atoms with van der Waals surface area (Å²) in [6.07, 6.45) is 8.02. The number of nitrogens with one attached hydrogen (secondary N) is 4. The van der Waals surface area contributed by atoms with Crippen LogP contribution in [0.5, 0.6) is 5.75 Å². The summed E-state index contributed by atoms with van der Waals surface area (Å²) in [6, 6.07) is 11.0. The van der Waals surface area contributed by atoms with Crippen molar-refractivity contribution < 1.29 is 27.7 Å². The summed E-state index contributed by atoms with van der Waals surface area (Å²) in [4.78, 5) is 49.6. The van der Waals surface area contributed by atoms with E-state index in [9.17, 15) is 14.2 Å². The van der Waals surface area contributed by atoms with Crippen LogP contribution in [-0.4, -0.2) is 120 Å². The molecule has 8 rings (SSSR count). The number of methoxy groups -OCH3 is 1. The van der Waals surface area contributed by atoms with E-state index in [0.29, 0.717) is 57.8 Å². The molecule has 3 aromatic carbocycles. The molecule has 15 nitrogen and oxygen atoms in total. The number of carbonyl (C=O) groups excluding carboxylic acids is 2. The number of imide groups is 1. The Morgan fingerprint density at radius 1 is 0.923 bits per heavy atom. The predicted molar refractivity (Wildman–Crippen MR) is 252 cm³/mol. The highest BCUT2D eigenvalue weighted by Gasteiger charge is 2.34. The summed E-state index contributed by atoms with van der Waals surface area (Å²) in [5, 5.41) is 12.8. The maximum atomic E-state index is 15.1. The lowest BCUT2D eigenvalue weighted by Crippen LogP contribution is -2.55. The molecule has 5 heterocycles. The Bertz CT molecular complexity index is 2610. The van der Waals surface area contributed by atoms with Gasteiger partial charge in [-0.25, -0.2) is 13.8 Å². The number of carbonyl (C=O) groups is 2. The number of aromatic nitrogens is 4. The molecule has 3 aliphatic heterocycles. The number of amides is 2. The van der Waals surface area contributed by atoms with Crippen LogP contribution in [-0.2, 0) is 20.6 Å². The average molecular weight is 910 g/mol. The maximum absolute atomic E-state index is 15.1. The van der Waals surface area contributed by atoms with Crippen LogP contribution in [0.3, 0.4) is 0 Å². The molecule has 65 heavy (non-hydrogen) atoms. The van der Waals surface area contributed by atoms with Gasteiger partial charge in [-0.2, -0.15) is 4.98 Å². The lowest BCUT2D eigenvalue weighted by atomic mass is 9.89. The Balaban J connectivity index is 0.858. The van der Waals surface area contributed by atoms with Crippen molar-refractivity contribution in [3.63, 3.8) is 0 Å². The van der Waals surface area contributed by atoms with E-state index in [-0.39, 0.29) is 24.4 Å². The average Bonchev–Trinajstić information content (AvgIpc) is 3.29. The van der Waals surface area contributed by atoms with E-state index in [1.807, 2.05) is 19.1 Å². The van der Waals surface area contributed by atoms with Crippen LogP contribution in [0.2, 0.25) is 0 Å². The number of halogens is 2. The minimum absolute atomic E-state index is 0.0504. The third-order valence-electron chi connectivity index (χ3n) is 13.0. The third-order valence-corrected chi connectivity index (χ3v) is 14.5. The van der Waals surface area contributed by atoms with Gasteiger partial charge in [-0.05, 0) is 88.8 Å². The van der Waals surface area contributed by atoms with E-state index < -0.39 is 36.5 Å². The van der Waals surface area contributed by atoms with Crippen molar-refractivity contribution in [3.8, 4) is 5.75 Å². The normalized spacial score (nSPS) is 18.4. The second kappa shape index (κ2) is 19.4. The number of nitrogens with zero attached hydrogens (tertiary/aromatic N) is 7. The number of piperazine rings is 1. The minimum Gasteiger partial charge on any atom is -0.494 e. The largest absolute Gasteiger partial charge is 0.494 e. The van der Waals surface area contributed by atoms with E-state index in [1.165, 1.54) is 17.7 Å². The van der Waals surface area contributed by atoms with Crippen molar-refractivity contribution >= 4 is 69.8 Å². The van der Waals surface area contributed by atoms with Gasteiger partial charge in [0.2, 0.25) is 17.8 Å². The van der Waals surface area contributed by atoms with Gasteiger partial charge in [0.05, 0.1) is 35.2 Å². The topological polar surface area (TPSA) is 170 Å². The fraction of sp³-hybridized carbons (Fsp3) is 0.447. The molecule has 18 heteroatoms. The number of hydrogen-bond acceptors (Lipinski definition) is 14. The van der Waals surface area contributed by atoms with Crippen molar-refractivity contribution in [2.75, 3.05) is 87.1 Å². The molecule has 0 bridgehead atoms. The Morgan fingerprint density at radius 2 is 1.65 bits per heavy atom. The number of fused-ring (bicyclic) bond motifs is 1. The molecular formula is C47H58F2N11O4P. The lowest BCUT2D eigenvalue weighted by molar-refractivity contribution is -0.134. The molecule has 2 atom stereocenters. The number of aryl methyl sites for hydroxylation is 2. The van der Waals surface area contributed by atoms with Crippen LogP contribution in [0.1, 0.15) is 62.1 Å². The van der Waals surface area contributed by atoms with Crippen LogP contribution >= 0.6 is 7.14 Å². The third kappa shape index (κ3) is 10.1. The number of anilines is 6. The van der Waals surface area contributed by atoms with Crippen LogP contribution in [0.25, 0.3) is 11.0 Å². The SMILES string of the molecule is CCc1cc(Nc2ncc(C)c(Nc3ccc4nccnc4c3P(C)(C)=O)n2)c(OC)cc1N1CCC(N2CCN(C(C)CNc3cc(F)c(C4CCC(=O)NC4=O)c(F)c3)CC2)CC1. The molecule has 0 radical (unpaired) electrons. The van der Waals surface area contributed by atoms with Gasteiger partial charge in [-0.3, -0.25) is 34.7 Å². The molecular weight excluding hydrogens is 852 g/mol. The van der Waals surface area contributed by atoms with Gasteiger partial charge < -0.3 is 30.2 Å². The lowest BCUT2D eigenvalue weighted by Gasteiger charge is -2.44. The minimum atomic E-state index is -2.77. The monoisotopic (exact) mass is 909 g/mol. The van der Waals surface area contributed by atoms with Gasteiger partial charge in [-0.1, -0.05) is 6.92 Å². The van der Waals surface area contributed by atoms with Crippen molar-refractivity contribution in [2.45, 2.75) is 70.9 Å². The van der Waals surface area contributed by atoms with Crippen LogP contribution in [0.15, 0.2) is 55.0 Å². The summed E-state index contributed by atoms with van der Waals surface area (Å²) in [5.41, 5.74) is 5.89. The number of hydrogen-bond donors (Lipinski definition) is 4. The van der Waals surface area contributed by atoms with Gasteiger partial charge in [-0.15, -0.1) is 0 Å². The second-order valence-corrected chi connectivity index (χ2v) is 20.8. The Labute approximate surface area is 378 Å². The number of piperidine rings is 2. The number of benzene rings is 3. The second-order valence-electron chi connectivity index (χ2n) is 17.6. The van der Waals surface area contributed by atoms with E-state index in [2.05, 4.69) is 76.9 Å². The number of rotatable bonds is 14. The highest BCUT2D eigenvalue weighted by molar-refractivity contribution is 7.71. The first-order valence-corrected chi connectivity index (χ1v) is 25.0. The molecule has 2 unspecified atom stereocenters. The zero-order chi connectivity index (χ0) is 46.0. The highest BCUT2D eigenvalue weighted by atomic mass is 31.2. The molecule has 5 aromatic rings. The van der Waals surface area contributed by atoms with Crippen molar-refractivity contribution in [2.24, 2.45) is 0 Å². The molecule has 344 valence electrons. The van der Waals surface area contributed by atoms with Gasteiger partial charge in [0.1, 0.15) is 35.9 Å². The summed E-state index contributed by atoms with van der Waals surface area (Å²) < 4.78 is 49.7. The zero-order valence-corrected chi connectivity index (χ0v) is 38.8. The molecule has 2 aromatic heterocycles. The fourth-order valence-electron chi connectivity index (χ4n) is 9.40. The molecule has 3 fully saturated rings. The molecule has 3 saturated heterocycles. The van der Waals surface area contributed by atoms with Crippen LogP contribution in [0, 0.1) is 18.6 Å². The first-order valence-electron chi connectivity index (χ1n) is 22.4. The zero-order valence-electron chi connectivity index (χ0n) is 37.9. The van der Waals surface area contributed by atoms with E-state index in [4.69, 9.17) is 9.72 Å². The summed E-state index contributed by atoms with van der Waals surface area (Å²) in [6.45, 7) is 15.7. The van der Waals surface area contributed by atoms with Crippen molar-refractivity contribution in [1.82, 2.24) is 35.1 Å². The Kier molecular flexibility index (Phi) is 13.6. The molecule has 2 amide bonds. The number of ether oxygens (including phenoxy) is 1. The van der Waals surface area contributed by atoms with Gasteiger partial charge >= 0.3 is 0 Å². The molecule has 3 aliphatic rings. The molecule has 0 aliphatic carbocycles. The summed E-state index contributed by atoms with van der Waals surface area (Å²) >= 11 is 0. The summed E-state index contributed by atoms with van der Waals surface area (Å²) in [7, 11) is -1.10. The molecule has 0 spiro atoms. The van der Waals surface area contributed by atoms with Gasteiger partial charge in [0.25, 0.3) is 0 Å². The standard InChI is InChI=1S/C47H58F2N11O4P/c1-7-30-22-38(55-47-53-26-28(2)45(57-47)54-37-10-9-36-43(51-15-14-50-36)44(37)65(5,6)63)40(64-4)25-39(30)60-16-12-32(13-17-60)59-20-18-58(19-21-59)29(3)27-52-31-23-34(48)42(35(49)24-31)33-8-11-41(61)56-46(33)62/h9-10,14-15,22-26,29,32-33,52H,7-8,11-13,16-21,27H2,1-6H3,(H,56,61,62)(H2,53,54,55,57). The highest BCUT2D eigenvalue weighted by Crippen LogP contribution is 2.42. The first-order chi connectivity index (χ1) is 31.2. The summed E-state index contributed by atoms with van der Waals surface area (Å²) in [5.74, 6) is -2.04. The van der Waals surface area contributed by atoms with E-state index in [0.717, 1.165) is 75.5 Å². The molecule has 0 saturated carbocycles. The smallest absolute Gasteiger partial charge is 0.234 e. The molecule has 4 N–H and O–H groups in total. The van der Waals surface area contributed by atoms with E-state index in [1.54, 1.807) is 39.0 Å². The van der Waals surface area contributed by atoms with Crippen LogP contribution < -0.4 is 36.2 Å². The van der Waals surface area contributed by atoms with Gasteiger partial charge in [0, 0.05) is 111 Å². The van der Waals surface area contributed by atoms with Crippen molar-refractivity contribution in [1.29, 1.82) is 0 Å². The van der Waals surface area contributed by atoms with E-state index >= 15 is 8.78 Å². The van der Waals surface area contributed by atoms with Gasteiger partial charge in [0.15, 0.2) is 0 Å². The van der Waals surface area contributed by atoms with Crippen LogP contribution in [0.4, 0.5) is 43.3 Å². The predicted octanol–water partition coefficient (Wildman–Crippen LogP) is 6.92.